The van der Waals surface area contributed by atoms with Crippen molar-refractivity contribution >= 4 is 23.9 Å². The minimum atomic E-state index is -1.87. The average molecular weight is 330 g/mol. The van der Waals surface area contributed by atoms with E-state index >= 15 is 0 Å². The Morgan fingerprint density at radius 1 is 1.04 bits per heavy atom. The van der Waals surface area contributed by atoms with Crippen LogP contribution in [0.2, 0.25) is 0 Å². The van der Waals surface area contributed by atoms with Crippen LogP contribution < -0.4 is 0 Å². The first-order valence-electron chi connectivity index (χ1n) is 6.69. The molecule has 0 aromatic rings. The van der Waals surface area contributed by atoms with E-state index in [-0.39, 0.29) is 0 Å². The predicted molar refractivity (Wildman–Crippen MR) is 72.5 cm³/mol. The third-order valence-electron chi connectivity index (χ3n) is 2.57. The molecule has 0 aromatic carbocycles. The Hall–Kier alpha value is -2.42. The molecule has 0 saturated carbocycles. The number of hydrogen-bond donors (Lipinski definition) is 0. The van der Waals surface area contributed by atoms with Gasteiger partial charge in [-0.1, -0.05) is 0 Å². The van der Waals surface area contributed by atoms with Crippen LogP contribution in [-0.4, -0.2) is 48.7 Å². The molecular weight excluding hydrogens is 312 g/mol. The van der Waals surface area contributed by atoms with Crippen LogP contribution in [0.25, 0.3) is 0 Å². The zero-order valence-corrected chi connectivity index (χ0v) is 13.2. The zero-order chi connectivity index (χ0) is 17.6. The zero-order valence-electron chi connectivity index (χ0n) is 13.2. The van der Waals surface area contributed by atoms with Crippen LogP contribution in [0.1, 0.15) is 27.7 Å². The Morgan fingerprint density at radius 2 is 1.70 bits per heavy atom. The summed E-state index contributed by atoms with van der Waals surface area (Å²) >= 11 is 0. The lowest BCUT2D eigenvalue weighted by Crippen LogP contribution is -2.51. The molecule has 1 heterocycles. The first-order chi connectivity index (χ1) is 10.6. The summed E-state index contributed by atoms with van der Waals surface area (Å²) in [5.74, 6) is -4.56. The largest absolute Gasteiger partial charge is 0.462 e. The fourth-order valence-corrected chi connectivity index (χ4v) is 1.86. The highest BCUT2D eigenvalue weighted by Crippen LogP contribution is 2.31. The van der Waals surface area contributed by atoms with Crippen molar-refractivity contribution in [2.45, 2.75) is 45.9 Å². The van der Waals surface area contributed by atoms with Crippen molar-refractivity contribution in [2.24, 2.45) is 0 Å². The standard InChI is InChI=1S/C14H18O9/c1-8(15)19-7-12(20-9(2)16)14(22-11(4)18)6-5-13(23-14)21-10(3)17/h5-6,12-13H,7H2,1-4H3. The molecule has 9 heteroatoms. The SMILES string of the molecule is CC(=O)OCC(OC(C)=O)C1(OC(C)=O)C=CC(OC(C)=O)O1. The topological polar surface area (TPSA) is 114 Å². The van der Waals surface area contributed by atoms with Gasteiger partial charge in [-0.2, -0.15) is 0 Å². The molecule has 0 bridgehead atoms. The second-order valence-electron chi connectivity index (χ2n) is 4.67. The molecule has 0 radical (unpaired) electrons. The Balaban J connectivity index is 3.02. The lowest BCUT2D eigenvalue weighted by Gasteiger charge is -2.33. The molecule has 0 spiro atoms. The molecule has 1 rings (SSSR count). The van der Waals surface area contributed by atoms with Crippen LogP contribution in [0.5, 0.6) is 0 Å². The van der Waals surface area contributed by atoms with Crippen molar-refractivity contribution in [3.8, 4) is 0 Å². The van der Waals surface area contributed by atoms with Crippen molar-refractivity contribution in [3.05, 3.63) is 12.2 Å². The first kappa shape index (κ1) is 18.6. The number of rotatable bonds is 6. The normalized spacial score (nSPS) is 23.7. The van der Waals surface area contributed by atoms with Crippen molar-refractivity contribution in [2.75, 3.05) is 6.61 Å². The molecule has 0 N–H and O–H groups in total. The first-order valence-corrected chi connectivity index (χ1v) is 6.69. The van der Waals surface area contributed by atoms with Gasteiger partial charge in [0, 0.05) is 27.7 Å². The maximum atomic E-state index is 11.4. The number of carbonyl (C=O) groups excluding carboxylic acids is 4. The van der Waals surface area contributed by atoms with E-state index in [1.54, 1.807) is 0 Å². The molecular formula is C14H18O9. The third-order valence-corrected chi connectivity index (χ3v) is 2.57. The van der Waals surface area contributed by atoms with Crippen molar-refractivity contribution in [1.82, 2.24) is 0 Å². The lowest BCUT2D eigenvalue weighted by atomic mass is 10.1. The number of hydrogen-bond acceptors (Lipinski definition) is 9. The van der Waals surface area contributed by atoms with Crippen molar-refractivity contribution in [1.29, 1.82) is 0 Å². The summed E-state index contributed by atoms with van der Waals surface area (Å²) < 4.78 is 25.2. The summed E-state index contributed by atoms with van der Waals surface area (Å²) in [5, 5.41) is 0. The van der Waals surface area contributed by atoms with Crippen LogP contribution in [0.4, 0.5) is 0 Å². The van der Waals surface area contributed by atoms with Crippen LogP contribution in [0.15, 0.2) is 12.2 Å². The molecule has 0 aliphatic carbocycles. The van der Waals surface area contributed by atoms with Gasteiger partial charge in [-0.3, -0.25) is 23.9 Å². The van der Waals surface area contributed by atoms with E-state index in [1.807, 2.05) is 0 Å². The molecule has 1 aliphatic heterocycles. The second-order valence-corrected chi connectivity index (χ2v) is 4.67. The number of esters is 4. The molecule has 9 nitrogen and oxygen atoms in total. The van der Waals surface area contributed by atoms with Crippen LogP contribution in [-0.2, 0) is 42.9 Å². The third kappa shape index (κ3) is 5.70. The molecule has 1 aliphatic rings. The highest BCUT2D eigenvalue weighted by molar-refractivity contribution is 5.69. The fraction of sp³-hybridized carbons (Fsp3) is 0.571. The van der Waals surface area contributed by atoms with E-state index in [4.69, 9.17) is 23.7 Å². The van der Waals surface area contributed by atoms with Gasteiger partial charge >= 0.3 is 23.9 Å². The molecule has 3 atom stereocenters. The van der Waals surface area contributed by atoms with Gasteiger partial charge in [0.1, 0.15) is 6.61 Å². The maximum absolute atomic E-state index is 11.4. The highest BCUT2D eigenvalue weighted by Gasteiger charge is 2.50. The van der Waals surface area contributed by atoms with Gasteiger partial charge in [0.05, 0.1) is 0 Å². The van der Waals surface area contributed by atoms with Crippen molar-refractivity contribution in [3.63, 3.8) is 0 Å². The Kier molecular flexibility index (Phi) is 6.26. The van der Waals surface area contributed by atoms with Gasteiger partial charge in [0.25, 0.3) is 5.79 Å². The Morgan fingerprint density at radius 3 is 2.17 bits per heavy atom. The summed E-state index contributed by atoms with van der Waals surface area (Å²) in [4.78, 5) is 44.6. The van der Waals surface area contributed by atoms with E-state index in [1.165, 1.54) is 19.1 Å². The molecule has 0 fully saturated rings. The van der Waals surface area contributed by atoms with E-state index in [0.717, 1.165) is 20.8 Å². The molecule has 0 aromatic heterocycles. The Bertz CT molecular complexity index is 524. The Labute approximate surface area is 132 Å². The van der Waals surface area contributed by atoms with Crippen LogP contribution in [0, 0.1) is 0 Å². The van der Waals surface area contributed by atoms with Crippen LogP contribution in [0.3, 0.4) is 0 Å². The van der Waals surface area contributed by atoms with E-state index in [9.17, 15) is 19.2 Å². The average Bonchev–Trinajstić information content (AvgIpc) is 2.76. The van der Waals surface area contributed by atoms with Gasteiger partial charge in [-0.25, -0.2) is 0 Å². The van der Waals surface area contributed by atoms with Gasteiger partial charge in [0.15, 0.2) is 0 Å². The predicted octanol–water partition coefficient (Wildman–Crippen LogP) is 0.216. The fourth-order valence-electron chi connectivity index (χ4n) is 1.86. The minimum absolute atomic E-state index is 0.417. The van der Waals surface area contributed by atoms with E-state index in [2.05, 4.69) is 0 Å². The summed E-state index contributed by atoms with van der Waals surface area (Å²) in [5.41, 5.74) is 0. The number of ether oxygens (including phenoxy) is 5. The number of carbonyl (C=O) groups is 4. The monoisotopic (exact) mass is 330 g/mol. The quantitative estimate of drug-likeness (QED) is 0.383. The summed E-state index contributed by atoms with van der Waals surface area (Å²) in [7, 11) is 0. The smallest absolute Gasteiger partial charge is 0.305 e. The molecule has 128 valence electrons. The van der Waals surface area contributed by atoms with Gasteiger partial charge in [0.2, 0.25) is 12.4 Å². The highest BCUT2D eigenvalue weighted by atomic mass is 16.8. The summed E-state index contributed by atoms with van der Waals surface area (Å²) in [6.45, 7) is 4.17. The minimum Gasteiger partial charge on any atom is -0.462 e. The second kappa shape index (κ2) is 7.73. The molecule has 0 amide bonds. The molecule has 0 saturated heterocycles. The van der Waals surface area contributed by atoms with Crippen molar-refractivity contribution < 1.29 is 42.9 Å². The summed E-state index contributed by atoms with van der Waals surface area (Å²) in [6, 6.07) is 0. The van der Waals surface area contributed by atoms with Crippen LogP contribution >= 0.6 is 0 Å². The lowest BCUT2D eigenvalue weighted by molar-refractivity contribution is -0.283. The molecule has 3 unspecified atom stereocenters. The maximum Gasteiger partial charge on any atom is 0.305 e. The van der Waals surface area contributed by atoms with Gasteiger partial charge in [-0.05, 0) is 12.2 Å². The molecule has 23 heavy (non-hydrogen) atoms. The van der Waals surface area contributed by atoms with E-state index in [0.29, 0.717) is 0 Å². The van der Waals surface area contributed by atoms with E-state index < -0.39 is 48.7 Å². The van der Waals surface area contributed by atoms with Gasteiger partial charge < -0.3 is 18.9 Å². The van der Waals surface area contributed by atoms with Gasteiger partial charge in [-0.15, -0.1) is 0 Å². The summed E-state index contributed by atoms with van der Waals surface area (Å²) in [6.07, 6.45) is 0.167.